The summed E-state index contributed by atoms with van der Waals surface area (Å²) in [5.74, 6) is -6.87. The normalized spacial score (nSPS) is 1.66. The topological polar surface area (TPSA) is 261 Å². The van der Waals surface area contributed by atoms with Crippen LogP contribution in [0.25, 0.3) is 0 Å². The molecule has 0 bridgehead atoms. The average molecular weight is 2800 g/mol. The van der Waals surface area contributed by atoms with Gasteiger partial charge in [-0.1, -0.05) is 46.1 Å². The molecule has 0 aliphatic heterocycles. The molecule has 0 aliphatic rings. The largest absolute Gasteiger partial charge is 1.00 e. The molecule has 0 amide bonds. The van der Waals surface area contributed by atoms with Crippen molar-refractivity contribution >= 4 is 41.8 Å². The molecule has 0 unspecified atom stereocenters. The van der Waals surface area contributed by atoms with E-state index in [2.05, 4.69) is 46.1 Å². The molecule has 0 rings (SSSR count). The molecular weight excluding hydrogens is 2780 g/mol. The third-order valence-electron chi connectivity index (χ3n) is 1.22. The first kappa shape index (κ1) is 799. The zero-order valence-corrected chi connectivity index (χ0v) is 318. The first-order valence-electron chi connectivity index (χ1n) is 7.87. The summed E-state index contributed by atoms with van der Waals surface area (Å²) in [4.78, 5) is 64.8. The summed E-state index contributed by atoms with van der Waals surface area (Å²) in [5.41, 5.74) is 0. The minimum absolute atomic E-state index is 0. The maximum atomic E-state index is 9.25. The number of hydrogen-bond acceptors (Lipinski definition) is 7. The maximum Gasteiger partial charge on any atom is 1.00 e. The van der Waals surface area contributed by atoms with Crippen LogP contribution in [-0.4, -0.2) is 77.5 Å². The summed E-state index contributed by atoms with van der Waals surface area (Å²) in [5, 5.41) is 53.2. The molecular formula is C21H28Na100O14+100. The van der Waals surface area contributed by atoms with E-state index in [1.165, 1.54) is 0 Å². The summed E-state index contributed by atoms with van der Waals surface area (Å²) in [6.45, 7) is 20.7. The molecule has 0 heterocycles. The van der Waals surface area contributed by atoms with Gasteiger partial charge in [-0.2, -0.15) is 0 Å². The minimum Gasteiger partial charge on any atom is -0.478 e. The third-order valence-corrected chi connectivity index (χ3v) is 1.22. The fourth-order valence-corrected chi connectivity index (χ4v) is 0. The Bertz CT molecular complexity index is 680. The van der Waals surface area contributed by atoms with Gasteiger partial charge in [0.15, 0.2) is 0 Å². The second kappa shape index (κ2) is 788. The van der Waals surface area contributed by atoms with Crippen molar-refractivity contribution in [3.05, 3.63) is 88.6 Å². The molecule has 0 fully saturated rings. The van der Waals surface area contributed by atoms with Gasteiger partial charge in [0.2, 0.25) is 0 Å². The van der Waals surface area contributed by atoms with Crippen LogP contribution < -0.4 is 2960 Å². The molecule has 7 N–H and O–H groups in total. The quantitative estimate of drug-likeness (QED) is 0.0924. The SMILES string of the molecule is C=CC(=O)O.C=CC(=O)O.C=CC(=O)O.C=CC(=O)O.C=CC(=O)O.C=CC(=O)O.C=CC(=O)O.[Na+].[Na+].[Na+].[Na+].[Na+].[Na+].[Na+].[Na+].[Na+].[Na+].[Na+].[Na+].[Na+].[Na+].[Na+].[Na+].[Na+].[Na+].[Na+].[Na+].[Na+].[Na+].[Na+].[Na+].[Na+].[Na+].[Na+].[Na+].[Na+].[Na+].[Na+].[Na+].[Na+].[Na+].[Na+].[Na+].[Na+].[Na+].[Na+].[Na+].[Na+].[Na+].[Na+].[Na+].[Na+].[Na+].[Na+].[Na+].[Na+].[Na+].[Na+].[Na+].[Na+].[Na+].[Na+].[Na+].[Na+].[Na+].[Na+].[Na+].[Na+].[Na+].[Na+].[Na+].[Na+].[Na+].[Na+].[Na+].[Na+].[Na+].[Na+].[Na+].[Na+].[Na+].[Na+].[Na+].[Na+].[Na+].[Na+].[Na+].[Na+].[Na+].[Na+].[Na+].[Na+].[Na+].[Na+].[Na+].[Na+].[Na+].[Na+].[Na+].[Na+].[Na+].[Na+].[Na+].[Na+].[Na+].[Na+].[Na+]. The fourth-order valence-electron chi connectivity index (χ4n) is 0. The zero-order chi connectivity index (χ0) is 30.0. The van der Waals surface area contributed by atoms with Gasteiger partial charge in [-0.25, -0.2) is 33.6 Å². The van der Waals surface area contributed by atoms with Gasteiger partial charge in [0, 0.05) is 42.5 Å². The van der Waals surface area contributed by atoms with Gasteiger partial charge in [0.1, 0.15) is 0 Å². The number of carboxylic acid groups (broad SMARTS) is 7. The van der Waals surface area contributed by atoms with E-state index in [0.29, 0.717) is 0 Å². The van der Waals surface area contributed by atoms with E-state index in [9.17, 15) is 33.6 Å². The molecule has 0 aliphatic carbocycles. The minimum atomic E-state index is -0.981. The van der Waals surface area contributed by atoms with E-state index in [4.69, 9.17) is 35.7 Å². The van der Waals surface area contributed by atoms with Crippen LogP contribution in [0.4, 0.5) is 0 Å². The first-order valence-corrected chi connectivity index (χ1v) is 7.87. The van der Waals surface area contributed by atoms with E-state index in [1.54, 1.807) is 0 Å². The van der Waals surface area contributed by atoms with Gasteiger partial charge in [-0.3, -0.25) is 0 Å². The number of carbonyl (C=O) groups is 7. The third kappa shape index (κ3) is 996. The molecule has 0 saturated heterocycles. The van der Waals surface area contributed by atoms with Crippen molar-refractivity contribution in [3.8, 4) is 0 Å². The second-order valence-corrected chi connectivity index (χ2v) is 3.80. The molecule has 196 valence electrons. The summed E-state index contributed by atoms with van der Waals surface area (Å²) in [7, 11) is 0. The first-order chi connectivity index (χ1) is 15.9. The van der Waals surface area contributed by atoms with Gasteiger partial charge in [-0.05, 0) is 0 Å². The van der Waals surface area contributed by atoms with E-state index in [-0.39, 0.29) is 2960 Å². The van der Waals surface area contributed by atoms with Crippen LogP contribution in [0.1, 0.15) is 0 Å². The Morgan fingerprint density at radius 1 is 0.0815 bits per heavy atom. The van der Waals surface area contributed by atoms with Crippen LogP contribution >= 0.6 is 0 Å². The smallest absolute Gasteiger partial charge is 0.478 e. The second-order valence-electron chi connectivity index (χ2n) is 3.80. The monoisotopic (exact) mass is 2800 g/mol. The van der Waals surface area contributed by atoms with Gasteiger partial charge in [0.25, 0.3) is 0 Å². The molecule has 0 radical (unpaired) electrons. The molecule has 0 saturated carbocycles. The molecule has 0 atom stereocenters. The Kier molecular flexibility index (Phi) is 4660. The predicted molar refractivity (Wildman–Crippen MR) is 125 cm³/mol. The summed E-state index contributed by atoms with van der Waals surface area (Å²) < 4.78 is 0. The number of carboxylic acids is 7. The molecule has 0 spiro atoms. The van der Waals surface area contributed by atoms with Crippen LogP contribution in [0.15, 0.2) is 88.6 Å². The Morgan fingerprint density at radius 3 is 0.0889 bits per heavy atom. The zero-order valence-electron chi connectivity index (χ0n) is 118. The van der Waals surface area contributed by atoms with Gasteiger partial charge in [0.05, 0.1) is 0 Å². The number of rotatable bonds is 7. The van der Waals surface area contributed by atoms with Gasteiger partial charge < -0.3 is 35.7 Å². The van der Waals surface area contributed by atoms with Crippen LogP contribution in [0, 0.1) is 0 Å². The van der Waals surface area contributed by atoms with Crippen molar-refractivity contribution < 1.29 is 3030 Å². The van der Waals surface area contributed by atoms with Crippen LogP contribution in [0.2, 0.25) is 0 Å². The molecule has 135 heavy (non-hydrogen) atoms. The standard InChI is InChI=1S/7C3H4O2.100Na/c7*1-2-3(4)5;;;;;;;;;;;;;;;;;;;;;;;;;;;;;;;;;;;;;;;;;;;;;;;;;;;;;;;;;;;;;;;;;;;;;;;;;;;;;;;;;;;;;;;;;;;;;;;;;;;;/h7*2H,1H2,(H,4,5);;;;;;;;;;;;;;;;;;;;;;;;;;;;;;;;;;;;;;;;;;;;;;;;;;;;;;;;;;;;;;;;;;;;;;;;;;;;;;;;;;;;;;;;;;;;;;;;;;;;/q;;;;;;;100*+1. The Hall–Kier alpha value is 94.5. The van der Waals surface area contributed by atoms with Crippen molar-refractivity contribution in [2.45, 2.75) is 0 Å². The summed E-state index contributed by atoms with van der Waals surface area (Å²) >= 11 is 0. The van der Waals surface area contributed by atoms with Gasteiger partial charge in [-0.15, -0.1) is 0 Å². The van der Waals surface area contributed by atoms with Crippen molar-refractivity contribution in [2.75, 3.05) is 0 Å². The average Bonchev–Trinajstić information content (AvgIpc) is 2.80. The molecule has 0 aromatic rings. The van der Waals surface area contributed by atoms with E-state index >= 15 is 0 Å². The molecule has 0 aromatic heterocycles. The van der Waals surface area contributed by atoms with Crippen LogP contribution in [0.5, 0.6) is 0 Å². The van der Waals surface area contributed by atoms with E-state index in [1.807, 2.05) is 0 Å². The van der Waals surface area contributed by atoms with E-state index in [0.717, 1.165) is 42.5 Å². The number of aliphatic carboxylic acids is 7. The maximum absolute atomic E-state index is 9.25. The number of hydrogen-bond donors (Lipinski definition) is 7. The van der Waals surface area contributed by atoms with Crippen molar-refractivity contribution in [1.29, 1.82) is 0 Å². The van der Waals surface area contributed by atoms with Crippen molar-refractivity contribution in [3.63, 3.8) is 0 Å². The molecule has 0 aromatic carbocycles. The van der Waals surface area contributed by atoms with Crippen molar-refractivity contribution in [2.24, 2.45) is 0 Å². The Labute approximate surface area is 3040 Å². The van der Waals surface area contributed by atoms with Crippen LogP contribution in [0.3, 0.4) is 0 Å². The molecule has 114 heteroatoms. The van der Waals surface area contributed by atoms with Gasteiger partial charge >= 0.3 is 3000 Å². The Morgan fingerprint density at radius 2 is 0.0889 bits per heavy atom. The van der Waals surface area contributed by atoms with Crippen LogP contribution in [-0.2, 0) is 33.6 Å². The summed E-state index contributed by atoms with van der Waals surface area (Å²) in [6.07, 6.45) is 5.83. The fraction of sp³-hybridized carbons (Fsp3) is 0. The molecule has 14 nitrogen and oxygen atoms in total. The Balaban J connectivity index is -0.000000000574. The summed E-state index contributed by atoms with van der Waals surface area (Å²) in [6, 6.07) is 0. The predicted octanol–water partition coefficient (Wildman–Crippen LogP) is -298. The van der Waals surface area contributed by atoms with E-state index < -0.39 is 41.8 Å². The van der Waals surface area contributed by atoms with Crippen molar-refractivity contribution in [1.82, 2.24) is 0 Å².